The van der Waals surface area contributed by atoms with E-state index in [1.54, 1.807) is 43.3 Å². The summed E-state index contributed by atoms with van der Waals surface area (Å²) in [5.41, 5.74) is 1.53. The minimum atomic E-state index is -0.817. The molecule has 3 fully saturated rings. The Morgan fingerprint density at radius 1 is 1.19 bits per heavy atom. The molecule has 4 heterocycles. The van der Waals surface area contributed by atoms with Crippen molar-refractivity contribution in [3.8, 4) is 0 Å². The fraction of sp³-hybridized carbons (Fsp3) is 0.594. The monoisotopic (exact) mass is 608 g/mol. The highest BCUT2D eigenvalue weighted by Crippen LogP contribution is 2.67. The van der Waals surface area contributed by atoms with Crippen LogP contribution in [0.5, 0.6) is 0 Å². The van der Waals surface area contributed by atoms with Gasteiger partial charge in [-0.2, -0.15) is 0 Å². The molecular weight excluding hydrogens is 564 g/mol. The van der Waals surface area contributed by atoms with E-state index in [2.05, 4.69) is 23.5 Å². The first-order chi connectivity index (χ1) is 20.7. The Hall–Kier alpha value is -3.18. The molecule has 1 spiro atoms. The number of thioether (sulfide) groups is 1. The molecule has 3 saturated heterocycles. The van der Waals surface area contributed by atoms with Crippen molar-refractivity contribution in [2.24, 2.45) is 17.8 Å². The summed E-state index contributed by atoms with van der Waals surface area (Å²) in [5.74, 6) is -1.38. The molecule has 3 aliphatic heterocycles. The van der Waals surface area contributed by atoms with Crippen LogP contribution in [0.1, 0.15) is 46.5 Å². The van der Waals surface area contributed by atoms with Crippen LogP contribution in [0.3, 0.4) is 0 Å². The molecule has 1 N–H and O–H groups in total. The third-order valence-electron chi connectivity index (χ3n) is 9.15. The number of hydrogen-bond acceptors (Lipinski definition) is 7. The zero-order chi connectivity index (χ0) is 30.9. The Morgan fingerprint density at radius 2 is 1.91 bits per heavy atom. The quantitative estimate of drug-likeness (QED) is 0.328. The van der Waals surface area contributed by atoms with Crippen molar-refractivity contribution >= 4 is 40.5 Å². The largest absolute Gasteiger partial charge is 0.394 e. The molecule has 0 aliphatic carbocycles. The summed E-state index contributed by atoms with van der Waals surface area (Å²) in [6.45, 7) is 15.0. The summed E-state index contributed by atoms with van der Waals surface area (Å²) in [5, 5.41) is 19.1. The van der Waals surface area contributed by atoms with Gasteiger partial charge >= 0.3 is 0 Å². The molecule has 1 aromatic carbocycles. The number of aliphatic hydroxyl groups excluding tert-OH is 1. The van der Waals surface area contributed by atoms with Crippen LogP contribution in [0, 0.1) is 17.8 Å². The predicted molar refractivity (Wildman–Crippen MR) is 168 cm³/mol. The highest BCUT2D eigenvalue weighted by Gasteiger charge is 2.74. The topological polar surface area (TPSA) is 112 Å². The van der Waals surface area contributed by atoms with Crippen molar-refractivity contribution in [3.63, 3.8) is 0 Å². The number of nitrogens with zero attached hydrogens (tertiary/aromatic N) is 6. The van der Waals surface area contributed by atoms with Gasteiger partial charge in [-0.25, -0.2) is 4.68 Å². The molecular formula is C32H44N6O4S. The number of rotatable bonds is 14. The third kappa shape index (κ3) is 5.39. The minimum Gasteiger partial charge on any atom is -0.394 e. The molecule has 5 rings (SSSR count). The molecule has 1 aromatic heterocycles. The molecule has 3 aliphatic rings. The van der Waals surface area contributed by atoms with Crippen LogP contribution in [0.2, 0.25) is 0 Å². The second-order valence-electron chi connectivity index (χ2n) is 12.4. The van der Waals surface area contributed by atoms with E-state index in [0.717, 1.165) is 23.9 Å². The molecule has 0 radical (unpaired) electrons. The third-order valence-corrected chi connectivity index (χ3v) is 11.1. The van der Waals surface area contributed by atoms with Gasteiger partial charge in [-0.3, -0.25) is 14.4 Å². The number of aromatic nitrogens is 3. The molecule has 2 unspecified atom stereocenters. The van der Waals surface area contributed by atoms with Crippen LogP contribution < -0.4 is 0 Å². The number of amides is 3. The van der Waals surface area contributed by atoms with Crippen molar-refractivity contribution in [1.82, 2.24) is 29.7 Å². The Kier molecular flexibility index (Phi) is 9.31. The Morgan fingerprint density at radius 3 is 2.58 bits per heavy atom. The number of hydrogen-bond donors (Lipinski definition) is 1. The highest BCUT2D eigenvalue weighted by atomic mass is 32.2. The molecule has 0 saturated carbocycles. The molecule has 3 amide bonds. The lowest BCUT2D eigenvalue weighted by Gasteiger charge is -2.40. The summed E-state index contributed by atoms with van der Waals surface area (Å²) in [6, 6.07) is 6.22. The van der Waals surface area contributed by atoms with Crippen molar-refractivity contribution in [2.75, 3.05) is 26.2 Å². The fourth-order valence-electron chi connectivity index (χ4n) is 7.52. The lowest BCUT2D eigenvalue weighted by molar-refractivity contribution is -0.148. The van der Waals surface area contributed by atoms with Gasteiger partial charge in [0.2, 0.25) is 17.7 Å². The Labute approximate surface area is 258 Å². The highest BCUT2D eigenvalue weighted by molar-refractivity contribution is 8.02. The summed E-state index contributed by atoms with van der Waals surface area (Å²) in [4.78, 5) is 48.6. The van der Waals surface area contributed by atoms with Gasteiger partial charge in [-0.15, -0.1) is 30.0 Å². The van der Waals surface area contributed by atoms with Gasteiger partial charge in [0.25, 0.3) is 0 Å². The van der Waals surface area contributed by atoms with Crippen LogP contribution in [0.4, 0.5) is 0 Å². The molecule has 11 heteroatoms. The van der Waals surface area contributed by atoms with Crippen molar-refractivity contribution < 1.29 is 19.5 Å². The standard InChI is InChI=1S/C32H44N6O4S/c1-6-15-35(16-7-2)29(40)26-25-13-14-32(43-25)27(26)30(41)38(22(19-39)18-21(4)5)28(32)31(42)36(17-8-3)20-37-24-12-10-9-11-23(24)33-34-37/h6,8-12,21-22,25-28,39H,1,3,7,13-20H2,2,4-5H3/t22-,25+,26-,27+,28?,32?/m1/s1. The summed E-state index contributed by atoms with van der Waals surface area (Å²) >= 11 is 1.65. The van der Waals surface area contributed by atoms with Crippen LogP contribution in [-0.2, 0) is 21.1 Å². The lowest BCUT2D eigenvalue weighted by atomic mass is 9.70. The molecule has 10 nitrogen and oxygen atoms in total. The van der Waals surface area contributed by atoms with Gasteiger partial charge in [0, 0.05) is 24.9 Å². The maximum atomic E-state index is 14.8. The van der Waals surface area contributed by atoms with Crippen LogP contribution >= 0.6 is 11.8 Å². The average molecular weight is 609 g/mol. The van der Waals surface area contributed by atoms with E-state index in [1.807, 2.05) is 45.0 Å². The van der Waals surface area contributed by atoms with Gasteiger partial charge in [0.15, 0.2) is 0 Å². The summed E-state index contributed by atoms with van der Waals surface area (Å²) in [7, 11) is 0. The van der Waals surface area contributed by atoms with E-state index >= 15 is 0 Å². The van der Waals surface area contributed by atoms with Crippen molar-refractivity contribution in [1.29, 1.82) is 0 Å². The van der Waals surface area contributed by atoms with E-state index < -0.39 is 28.7 Å². The summed E-state index contributed by atoms with van der Waals surface area (Å²) < 4.78 is 0.938. The zero-order valence-electron chi connectivity index (χ0n) is 25.5. The van der Waals surface area contributed by atoms with Gasteiger partial charge in [0.1, 0.15) is 18.2 Å². The minimum absolute atomic E-state index is 0.0336. The van der Waals surface area contributed by atoms with Crippen LogP contribution in [0.15, 0.2) is 49.6 Å². The number of para-hydroxylation sites is 1. The van der Waals surface area contributed by atoms with Crippen molar-refractivity contribution in [2.45, 2.75) is 75.2 Å². The van der Waals surface area contributed by atoms with Gasteiger partial charge in [0.05, 0.1) is 34.7 Å². The Bertz CT molecular complexity index is 1380. The maximum Gasteiger partial charge on any atom is 0.248 e. The SMILES string of the molecule is C=CCN(Cn1nnc2ccccc21)C(=O)C1N([C@@H](CO)CC(C)C)C(=O)[C@@H]2[C@H](C(=O)N(CC=C)CCC)[C@@H]3CCC12S3. The molecule has 6 atom stereocenters. The van der Waals surface area contributed by atoms with Gasteiger partial charge < -0.3 is 19.8 Å². The second kappa shape index (κ2) is 12.8. The normalized spacial score (nSPS) is 26.6. The molecule has 232 valence electrons. The number of likely N-dealkylation sites (tertiary alicyclic amines) is 1. The lowest BCUT2D eigenvalue weighted by Crippen LogP contribution is -2.57. The first-order valence-corrected chi connectivity index (χ1v) is 16.3. The number of aliphatic hydroxyl groups is 1. The average Bonchev–Trinajstić information content (AvgIpc) is 3.74. The Balaban J connectivity index is 1.56. The van der Waals surface area contributed by atoms with Crippen molar-refractivity contribution in [3.05, 3.63) is 49.6 Å². The van der Waals surface area contributed by atoms with Crippen LogP contribution in [0.25, 0.3) is 11.0 Å². The number of carbonyl (C=O) groups excluding carboxylic acids is 3. The van der Waals surface area contributed by atoms with E-state index in [9.17, 15) is 19.5 Å². The van der Waals surface area contributed by atoms with Gasteiger partial charge in [-0.05, 0) is 43.7 Å². The van der Waals surface area contributed by atoms with E-state index in [-0.39, 0.29) is 48.7 Å². The molecule has 2 aromatic rings. The first-order valence-electron chi connectivity index (χ1n) is 15.4. The zero-order valence-corrected chi connectivity index (χ0v) is 26.3. The number of carbonyl (C=O) groups is 3. The number of fused-ring (bicyclic) bond motifs is 2. The maximum absolute atomic E-state index is 14.8. The first kappa shape index (κ1) is 31.3. The van der Waals surface area contributed by atoms with E-state index in [0.29, 0.717) is 25.9 Å². The smallest absolute Gasteiger partial charge is 0.248 e. The predicted octanol–water partition coefficient (Wildman–Crippen LogP) is 3.33. The van der Waals surface area contributed by atoms with Gasteiger partial charge in [-0.1, -0.05) is 50.3 Å². The van der Waals surface area contributed by atoms with Crippen LogP contribution in [-0.4, -0.2) is 101 Å². The number of benzene rings is 1. The van der Waals surface area contributed by atoms with E-state index in [4.69, 9.17) is 0 Å². The van der Waals surface area contributed by atoms with E-state index in [1.165, 1.54) is 0 Å². The fourth-order valence-corrected chi connectivity index (χ4v) is 9.72. The molecule has 2 bridgehead atoms. The second-order valence-corrected chi connectivity index (χ2v) is 14.0. The molecule has 43 heavy (non-hydrogen) atoms. The summed E-state index contributed by atoms with van der Waals surface area (Å²) in [6.07, 6.45) is 6.18.